The van der Waals surface area contributed by atoms with Crippen molar-refractivity contribution >= 4 is 17.2 Å². The molecular formula is C26H31N3O2S. The molecule has 1 aromatic heterocycles. The van der Waals surface area contributed by atoms with Crippen molar-refractivity contribution in [2.45, 2.75) is 25.6 Å². The van der Waals surface area contributed by atoms with Gasteiger partial charge >= 0.3 is 0 Å². The van der Waals surface area contributed by atoms with Crippen molar-refractivity contribution in [2.24, 2.45) is 0 Å². The molecule has 5 nitrogen and oxygen atoms in total. The van der Waals surface area contributed by atoms with Crippen LogP contribution in [-0.4, -0.2) is 55.0 Å². The number of nitrogens with one attached hydrogen (secondary N) is 1. The van der Waals surface area contributed by atoms with Gasteiger partial charge in [0.2, 0.25) is 0 Å². The first-order chi connectivity index (χ1) is 15.6. The zero-order valence-electron chi connectivity index (χ0n) is 18.7. The highest BCUT2D eigenvalue weighted by Crippen LogP contribution is 2.30. The van der Waals surface area contributed by atoms with Crippen molar-refractivity contribution in [3.05, 3.63) is 88.1 Å². The Hall–Kier alpha value is -2.67. The number of hydrogen-bond donors (Lipinski definition) is 1. The van der Waals surface area contributed by atoms with Gasteiger partial charge in [-0.3, -0.25) is 14.6 Å². The van der Waals surface area contributed by atoms with Crippen LogP contribution in [0.5, 0.6) is 5.75 Å². The number of amides is 1. The standard InChI is InChI=1S/C26H31N3O2S/c1-20(27-26(30)22-10-6-11-23(18-22)31-2)25(24-12-7-17-32-24)29-15-13-28(14-16-29)19-21-8-4-3-5-9-21/h3-12,17-18,20,25H,13-16,19H2,1-2H3,(H,27,30)/t20-,25-/m0/s1. The maximum absolute atomic E-state index is 12.9. The second-order valence-electron chi connectivity index (χ2n) is 8.25. The van der Waals surface area contributed by atoms with Crippen molar-refractivity contribution in [3.8, 4) is 5.75 Å². The second kappa shape index (κ2) is 10.8. The van der Waals surface area contributed by atoms with E-state index in [1.807, 2.05) is 18.2 Å². The van der Waals surface area contributed by atoms with E-state index < -0.39 is 0 Å². The molecule has 6 heteroatoms. The maximum Gasteiger partial charge on any atom is 0.251 e. The molecule has 2 heterocycles. The summed E-state index contributed by atoms with van der Waals surface area (Å²) in [6, 6.07) is 22.4. The van der Waals surface area contributed by atoms with Crippen LogP contribution in [0.4, 0.5) is 0 Å². The Kier molecular flexibility index (Phi) is 7.58. The molecule has 2 aromatic carbocycles. The third-order valence-corrected chi connectivity index (χ3v) is 6.99. The predicted octanol–water partition coefficient (Wildman–Crippen LogP) is 4.43. The lowest BCUT2D eigenvalue weighted by Gasteiger charge is -2.41. The van der Waals surface area contributed by atoms with Gasteiger partial charge in [-0.1, -0.05) is 42.5 Å². The molecule has 0 bridgehead atoms. The fraction of sp³-hybridized carbons (Fsp3) is 0.346. The van der Waals surface area contributed by atoms with Crippen molar-refractivity contribution in [1.82, 2.24) is 15.1 Å². The number of ether oxygens (including phenoxy) is 1. The number of carbonyl (C=O) groups excluding carboxylic acids is 1. The van der Waals surface area contributed by atoms with E-state index >= 15 is 0 Å². The first-order valence-corrected chi connectivity index (χ1v) is 12.0. The SMILES string of the molecule is COc1cccc(C(=O)N[C@@H](C)[C@@H](c2cccs2)N2CCN(Cc3ccccc3)CC2)c1. The lowest BCUT2D eigenvalue weighted by atomic mass is 10.0. The number of piperazine rings is 1. The Morgan fingerprint density at radius 3 is 2.50 bits per heavy atom. The minimum atomic E-state index is -0.0688. The van der Waals surface area contributed by atoms with Crippen LogP contribution in [-0.2, 0) is 6.54 Å². The highest BCUT2D eigenvalue weighted by atomic mass is 32.1. The van der Waals surface area contributed by atoms with Crippen LogP contribution >= 0.6 is 11.3 Å². The van der Waals surface area contributed by atoms with Gasteiger partial charge in [0.25, 0.3) is 5.91 Å². The largest absolute Gasteiger partial charge is 0.497 e. The molecule has 0 saturated carbocycles. The summed E-state index contributed by atoms with van der Waals surface area (Å²) in [5.41, 5.74) is 1.98. The summed E-state index contributed by atoms with van der Waals surface area (Å²) in [7, 11) is 1.61. The van der Waals surface area contributed by atoms with E-state index in [0.717, 1.165) is 32.7 Å². The Morgan fingerprint density at radius 1 is 1.03 bits per heavy atom. The predicted molar refractivity (Wildman–Crippen MR) is 130 cm³/mol. The van der Waals surface area contributed by atoms with Gasteiger partial charge in [0.15, 0.2) is 0 Å². The number of thiophene rings is 1. The van der Waals surface area contributed by atoms with Crippen LogP contribution in [0, 0.1) is 0 Å². The molecule has 2 atom stereocenters. The van der Waals surface area contributed by atoms with Crippen molar-refractivity contribution in [2.75, 3.05) is 33.3 Å². The molecule has 0 spiro atoms. The molecule has 1 amide bonds. The van der Waals surface area contributed by atoms with Crippen LogP contribution < -0.4 is 10.1 Å². The quantitative estimate of drug-likeness (QED) is 0.552. The molecule has 168 valence electrons. The number of hydrogen-bond acceptors (Lipinski definition) is 5. The molecule has 0 unspecified atom stereocenters. The zero-order valence-corrected chi connectivity index (χ0v) is 19.6. The van der Waals surface area contributed by atoms with Crippen molar-refractivity contribution in [3.63, 3.8) is 0 Å². The minimum absolute atomic E-state index is 0.0203. The number of benzene rings is 2. The van der Waals surface area contributed by atoms with Gasteiger partial charge in [-0.15, -0.1) is 11.3 Å². The molecular weight excluding hydrogens is 418 g/mol. The molecule has 1 saturated heterocycles. The van der Waals surface area contributed by atoms with Crippen molar-refractivity contribution in [1.29, 1.82) is 0 Å². The first kappa shape index (κ1) is 22.5. The molecule has 0 aliphatic carbocycles. The highest BCUT2D eigenvalue weighted by molar-refractivity contribution is 7.10. The van der Waals surface area contributed by atoms with Gasteiger partial charge in [-0.2, -0.15) is 0 Å². The van der Waals surface area contributed by atoms with Crippen LogP contribution in [0.2, 0.25) is 0 Å². The van der Waals surface area contributed by atoms with Gasteiger partial charge in [-0.05, 0) is 42.1 Å². The summed E-state index contributed by atoms with van der Waals surface area (Å²) >= 11 is 1.76. The number of rotatable bonds is 8. The van der Waals surface area contributed by atoms with Gasteiger partial charge in [0.05, 0.1) is 13.2 Å². The highest BCUT2D eigenvalue weighted by Gasteiger charge is 2.31. The van der Waals surface area contributed by atoms with E-state index in [0.29, 0.717) is 11.3 Å². The minimum Gasteiger partial charge on any atom is -0.497 e. The number of carbonyl (C=O) groups is 1. The lowest BCUT2D eigenvalue weighted by molar-refractivity contribution is 0.0714. The van der Waals surface area contributed by atoms with Gasteiger partial charge in [-0.25, -0.2) is 0 Å². The van der Waals surface area contributed by atoms with Crippen LogP contribution in [0.3, 0.4) is 0 Å². The van der Waals surface area contributed by atoms with Crippen molar-refractivity contribution < 1.29 is 9.53 Å². The van der Waals surface area contributed by atoms with E-state index in [2.05, 4.69) is 69.9 Å². The first-order valence-electron chi connectivity index (χ1n) is 11.1. The van der Waals surface area contributed by atoms with E-state index in [-0.39, 0.29) is 18.0 Å². The topological polar surface area (TPSA) is 44.8 Å². The fourth-order valence-electron chi connectivity index (χ4n) is 4.38. The normalized spacial score (nSPS) is 16.9. The third-order valence-electron chi connectivity index (χ3n) is 6.05. The van der Waals surface area contributed by atoms with Gasteiger partial charge in [0, 0.05) is 49.2 Å². The van der Waals surface area contributed by atoms with E-state index in [9.17, 15) is 4.79 Å². The number of methoxy groups -OCH3 is 1. The molecule has 4 rings (SSSR count). The van der Waals surface area contributed by atoms with E-state index in [1.165, 1.54) is 10.4 Å². The van der Waals surface area contributed by atoms with Gasteiger partial charge < -0.3 is 10.1 Å². The van der Waals surface area contributed by atoms with Gasteiger partial charge in [0.1, 0.15) is 5.75 Å². The fourth-order valence-corrected chi connectivity index (χ4v) is 5.34. The monoisotopic (exact) mass is 449 g/mol. The number of nitrogens with zero attached hydrogens (tertiary/aromatic N) is 2. The van der Waals surface area contributed by atoms with E-state index in [1.54, 1.807) is 24.5 Å². The molecule has 3 aromatic rings. The Bertz CT molecular complexity index is 985. The Morgan fingerprint density at radius 2 is 1.81 bits per heavy atom. The van der Waals surface area contributed by atoms with Crippen LogP contribution in [0.25, 0.3) is 0 Å². The summed E-state index contributed by atoms with van der Waals surface area (Å²) in [6.45, 7) is 7.10. The smallest absolute Gasteiger partial charge is 0.251 e. The molecule has 1 aliphatic heterocycles. The second-order valence-corrected chi connectivity index (χ2v) is 9.23. The molecule has 1 fully saturated rings. The molecule has 1 aliphatic rings. The summed E-state index contributed by atoms with van der Waals surface area (Å²) in [4.78, 5) is 19.3. The summed E-state index contributed by atoms with van der Waals surface area (Å²) in [5, 5.41) is 5.36. The average Bonchev–Trinajstić information content (AvgIpc) is 3.35. The van der Waals surface area contributed by atoms with Crippen LogP contribution in [0.15, 0.2) is 72.1 Å². The Balaban J connectivity index is 1.42. The third kappa shape index (κ3) is 5.57. The summed E-state index contributed by atoms with van der Waals surface area (Å²) < 4.78 is 5.27. The average molecular weight is 450 g/mol. The maximum atomic E-state index is 12.9. The zero-order chi connectivity index (χ0) is 22.3. The molecule has 0 radical (unpaired) electrons. The molecule has 1 N–H and O–H groups in total. The summed E-state index contributed by atoms with van der Waals surface area (Å²) in [6.07, 6.45) is 0. The molecule has 32 heavy (non-hydrogen) atoms. The summed E-state index contributed by atoms with van der Waals surface area (Å²) in [5.74, 6) is 0.621. The Labute approximate surface area is 194 Å². The lowest BCUT2D eigenvalue weighted by Crippen LogP contribution is -2.52. The van der Waals surface area contributed by atoms with E-state index in [4.69, 9.17) is 4.74 Å². The van der Waals surface area contributed by atoms with Crippen LogP contribution in [0.1, 0.15) is 33.8 Å².